The van der Waals surface area contributed by atoms with E-state index in [0.29, 0.717) is 0 Å². The normalized spacial score (nSPS) is 9.88. The minimum atomic E-state index is -0.425. The maximum absolute atomic E-state index is 10.9. The first-order valence-corrected chi connectivity index (χ1v) is 4.68. The summed E-state index contributed by atoms with van der Waals surface area (Å²) in [5, 5.41) is 0. The van der Waals surface area contributed by atoms with Crippen molar-refractivity contribution in [2.45, 2.75) is 26.7 Å². The Labute approximate surface area is 92.8 Å². The van der Waals surface area contributed by atoms with Crippen LogP contribution in [-0.4, -0.2) is 36.3 Å². The Balaban J connectivity index is 3.53. The fourth-order valence-electron chi connectivity index (χ4n) is 0.872. The van der Waals surface area contributed by atoms with Gasteiger partial charge in [-0.15, -0.1) is 0 Å². The third kappa shape index (κ3) is 9.17. The molecule has 6 nitrogen and oxygen atoms in total. The molecule has 0 radical (unpaired) electrons. The van der Waals surface area contributed by atoms with Gasteiger partial charge in [-0.1, -0.05) is 0 Å². The van der Waals surface area contributed by atoms with Gasteiger partial charge in [0.2, 0.25) is 0 Å². The number of ketones is 4. The number of Topliss-reactive ketones (excluding diaryl/α,β-unsaturated/α-hetero) is 4. The molecule has 0 rings (SSSR count). The molecule has 0 aliphatic heterocycles. The predicted molar refractivity (Wildman–Crippen MR) is 52.5 cm³/mol. The minimum Gasteiger partial charge on any atom is -0.300 e. The molecule has 0 fully saturated rings. The van der Waals surface area contributed by atoms with Gasteiger partial charge in [-0.2, -0.15) is 0 Å². The Bertz CT molecular complexity index is 264. The molecule has 0 bridgehead atoms. The first-order valence-electron chi connectivity index (χ1n) is 4.68. The lowest BCUT2D eigenvalue weighted by Gasteiger charge is -2.01. The number of hydrogen-bond donors (Lipinski definition) is 0. The Morgan fingerprint density at radius 3 is 1.31 bits per heavy atom. The first kappa shape index (κ1) is 14.6. The average molecular weight is 230 g/mol. The fourth-order valence-corrected chi connectivity index (χ4v) is 0.872. The molecule has 0 aliphatic rings. The van der Waals surface area contributed by atoms with Crippen molar-refractivity contribution in [3.63, 3.8) is 0 Å². The maximum Gasteiger partial charge on any atom is 0.169 e. The van der Waals surface area contributed by atoms with Crippen molar-refractivity contribution < 1.29 is 29.0 Å². The Morgan fingerprint density at radius 2 is 1.06 bits per heavy atom. The molecule has 16 heavy (non-hydrogen) atoms. The minimum absolute atomic E-state index is 0.218. The van der Waals surface area contributed by atoms with Crippen molar-refractivity contribution in [1.29, 1.82) is 0 Å². The molecule has 0 spiro atoms. The maximum atomic E-state index is 10.9. The predicted octanol–water partition coefficient (Wildman–Crippen LogP) is 0.0310. The smallest absolute Gasteiger partial charge is 0.169 e. The molecule has 0 atom stereocenters. The molecule has 0 saturated heterocycles. The van der Waals surface area contributed by atoms with Gasteiger partial charge in [0.05, 0.1) is 12.8 Å². The summed E-state index contributed by atoms with van der Waals surface area (Å²) >= 11 is 0. The van der Waals surface area contributed by atoms with Crippen LogP contribution < -0.4 is 0 Å². The van der Waals surface area contributed by atoms with Gasteiger partial charge in [0.25, 0.3) is 0 Å². The molecular formula is C10H14O6. The van der Waals surface area contributed by atoms with Crippen molar-refractivity contribution in [2.75, 3.05) is 13.2 Å². The molecule has 0 aromatic carbocycles. The lowest BCUT2D eigenvalue weighted by molar-refractivity contribution is -0.283. The van der Waals surface area contributed by atoms with E-state index in [4.69, 9.17) is 0 Å². The van der Waals surface area contributed by atoms with Crippen LogP contribution >= 0.6 is 0 Å². The largest absolute Gasteiger partial charge is 0.300 e. The highest BCUT2D eigenvalue weighted by Gasteiger charge is 2.08. The van der Waals surface area contributed by atoms with Gasteiger partial charge in [-0.25, -0.2) is 9.78 Å². The topological polar surface area (TPSA) is 86.7 Å². The van der Waals surface area contributed by atoms with Crippen molar-refractivity contribution in [3.05, 3.63) is 0 Å². The first-order chi connectivity index (χ1) is 7.41. The summed E-state index contributed by atoms with van der Waals surface area (Å²) in [7, 11) is 0. The van der Waals surface area contributed by atoms with Gasteiger partial charge in [-0.05, 0) is 13.8 Å². The molecule has 0 unspecified atom stereocenters. The third-order valence-electron chi connectivity index (χ3n) is 1.42. The van der Waals surface area contributed by atoms with Crippen LogP contribution in [0.25, 0.3) is 0 Å². The monoisotopic (exact) mass is 230 g/mol. The molecule has 0 aliphatic carbocycles. The summed E-state index contributed by atoms with van der Waals surface area (Å²) in [6.45, 7) is 1.81. The molecule has 0 heterocycles. The molecule has 6 heteroatoms. The van der Waals surface area contributed by atoms with E-state index in [1.54, 1.807) is 0 Å². The Morgan fingerprint density at radius 1 is 0.750 bits per heavy atom. The molecular weight excluding hydrogens is 216 g/mol. The second-order valence-electron chi connectivity index (χ2n) is 3.36. The number of rotatable bonds is 9. The summed E-state index contributed by atoms with van der Waals surface area (Å²) in [5.41, 5.74) is 0. The van der Waals surface area contributed by atoms with E-state index in [1.165, 1.54) is 13.8 Å². The number of hydrogen-bond acceptors (Lipinski definition) is 6. The second kappa shape index (κ2) is 7.84. The molecule has 0 aromatic rings. The van der Waals surface area contributed by atoms with Gasteiger partial charge >= 0.3 is 0 Å². The van der Waals surface area contributed by atoms with Gasteiger partial charge in [0.1, 0.15) is 24.8 Å². The van der Waals surface area contributed by atoms with Crippen LogP contribution in [0, 0.1) is 0 Å². The van der Waals surface area contributed by atoms with E-state index in [1.807, 2.05) is 0 Å². The van der Waals surface area contributed by atoms with E-state index in [-0.39, 0.29) is 37.6 Å². The summed E-state index contributed by atoms with van der Waals surface area (Å²) in [5.74, 6) is -1.37. The molecule has 90 valence electrons. The van der Waals surface area contributed by atoms with E-state index in [0.717, 1.165) is 0 Å². The molecule has 0 N–H and O–H groups in total. The van der Waals surface area contributed by atoms with Crippen LogP contribution in [0.15, 0.2) is 0 Å². The summed E-state index contributed by atoms with van der Waals surface area (Å²) in [6.07, 6.45) is -0.435. The highest BCUT2D eigenvalue weighted by Crippen LogP contribution is 1.91. The number of carbonyl (C=O) groups is 4. The third-order valence-corrected chi connectivity index (χ3v) is 1.42. The van der Waals surface area contributed by atoms with E-state index >= 15 is 0 Å². The summed E-state index contributed by atoms with van der Waals surface area (Å²) in [6, 6.07) is 0. The van der Waals surface area contributed by atoms with Gasteiger partial charge < -0.3 is 0 Å². The zero-order chi connectivity index (χ0) is 12.6. The van der Waals surface area contributed by atoms with Crippen LogP contribution in [0.3, 0.4) is 0 Å². The molecule has 0 amide bonds. The van der Waals surface area contributed by atoms with Crippen LogP contribution in [0.1, 0.15) is 26.7 Å². The summed E-state index contributed by atoms with van der Waals surface area (Å²) < 4.78 is 0. The van der Waals surface area contributed by atoms with Crippen molar-refractivity contribution in [1.82, 2.24) is 0 Å². The van der Waals surface area contributed by atoms with Gasteiger partial charge in [0.15, 0.2) is 11.6 Å². The highest BCUT2D eigenvalue weighted by molar-refractivity contribution is 5.99. The van der Waals surface area contributed by atoms with Crippen LogP contribution in [0.2, 0.25) is 0 Å². The van der Waals surface area contributed by atoms with Crippen molar-refractivity contribution in [2.24, 2.45) is 0 Å². The summed E-state index contributed by atoms with van der Waals surface area (Å²) in [4.78, 5) is 51.7. The zero-order valence-corrected chi connectivity index (χ0v) is 9.28. The standard InChI is InChI=1S/C10H14O6/c1-7(11)3-9(13)5-15-16-6-10(14)4-8(2)12/h3-6H2,1-2H3. The van der Waals surface area contributed by atoms with Gasteiger partial charge in [-0.3, -0.25) is 19.2 Å². The van der Waals surface area contributed by atoms with Crippen LogP contribution in [-0.2, 0) is 29.0 Å². The van der Waals surface area contributed by atoms with Crippen LogP contribution in [0.5, 0.6) is 0 Å². The lowest BCUT2D eigenvalue weighted by Crippen LogP contribution is -2.16. The van der Waals surface area contributed by atoms with Crippen molar-refractivity contribution in [3.8, 4) is 0 Å². The van der Waals surface area contributed by atoms with E-state index in [9.17, 15) is 19.2 Å². The van der Waals surface area contributed by atoms with Crippen LogP contribution in [0.4, 0.5) is 0 Å². The SMILES string of the molecule is CC(=O)CC(=O)COOCC(=O)CC(C)=O. The van der Waals surface area contributed by atoms with E-state index < -0.39 is 11.6 Å². The highest BCUT2D eigenvalue weighted by atomic mass is 17.2. The fraction of sp³-hybridized carbons (Fsp3) is 0.600. The lowest BCUT2D eigenvalue weighted by atomic mass is 10.2. The van der Waals surface area contributed by atoms with E-state index in [2.05, 4.69) is 9.78 Å². The molecule has 0 aromatic heterocycles. The average Bonchev–Trinajstić information content (AvgIpc) is 2.10. The van der Waals surface area contributed by atoms with Crippen molar-refractivity contribution >= 4 is 23.1 Å². The number of carbonyl (C=O) groups excluding carboxylic acids is 4. The Hall–Kier alpha value is -1.40. The molecule has 0 saturated carbocycles. The second-order valence-corrected chi connectivity index (χ2v) is 3.36. The van der Waals surface area contributed by atoms with Gasteiger partial charge in [0, 0.05) is 0 Å². The zero-order valence-electron chi connectivity index (χ0n) is 9.28. The quantitative estimate of drug-likeness (QED) is 0.240. The Kier molecular flexibility index (Phi) is 7.15.